The lowest BCUT2D eigenvalue weighted by Crippen LogP contribution is -2.09. The molecule has 1 unspecified atom stereocenters. The summed E-state index contributed by atoms with van der Waals surface area (Å²) in [7, 11) is -4.00. The minimum atomic E-state index is -4.00. The van der Waals surface area contributed by atoms with Crippen LogP contribution in [0.4, 0.5) is 0 Å². The number of carboxylic acid groups (broad SMARTS) is 1. The summed E-state index contributed by atoms with van der Waals surface area (Å²) in [5, 5.41) is 9.00. The lowest BCUT2D eigenvalue weighted by Gasteiger charge is -2.08. The van der Waals surface area contributed by atoms with Gasteiger partial charge in [0.15, 0.2) is 5.78 Å². The first-order chi connectivity index (χ1) is 13.7. The first kappa shape index (κ1) is 22.0. The van der Waals surface area contributed by atoms with Gasteiger partial charge >= 0.3 is 5.97 Å². The van der Waals surface area contributed by atoms with Crippen LogP contribution in [0.3, 0.4) is 0 Å². The molecule has 29 heavy (non-hydrogen) atoms. The number of carbonyl (C=O) groups excluding carboxylic acids is 1. The van der Waals surface area contributed by atoms with Crippen LogP contribution >= 0.6 is 0 Å². The molecule has 0 bridgehead atoms. The monoisotopic (exact) mass is 412 g/mol. The van der Waals surface area contributed by atoms with E-state index in [2.05, 4.69) is 0 Å². The van der Waals surface area contributed by atoms with E-state index in [0.717, 1.165) is 0 Å². The fraction of sp³-hybridized carbons (Fsp3) is 0.0909. The average molecular weight is 412 g/mol. The summed E-state index contributed by atoms with van der Waals surface area (Å²) in [6, 6.07) is 23.2. The number of hydrogen-bond acceptors (Lipinski definition) is 4. The SMILES string of the molecule is CC(C(=O)O)c1cccc(C(=O)c2ccccc2)c1.O=S(=O)(O)c1ccccc1. The Kier molecular flexibility index (Phi) is 7.41. The molecule has 0 aromatic heterocycles. The van der Waals surface area contributed by atoms with Gasteiger partial charge < -0.3 is 5.11 Å². The second-order valence-corrected chi connectivity index (χ2v) is 7.59. The fourth-order valence-corrected chi connectivity index (χ4v) is 2.94. The van der Waals surface area contributed by atoms with Crippen molar-refractivity contribution >= 4 is 21.9 Å². The second-order valence-electron chi connectivity index (χ2n) is 6.17. The van der Waals surface area contributed by atoms with E-state index in [0.29, 0.717) is 16.7 Å². The molecular formula is C22H20O6S. The van der Waals surface area contributed by atoms with Gasteiger partial charge in [0.05, 0.1) is 10.8 Å². The van der Waals surface area contributed by atoms with Crippen molar-refractivity contribution < 1.29 is 27.7 Å². The molecule has 3 rings (SSSR count). The maximum absolute atomic E-state index is 12.2. The summed E-state index contributed by atoms with van der Waals surface area (Å²) in [6.45, 7) is 1.61. The number of carbonyl (C=O) groups is 2. The zero-order chi connectivity index (χ0) is 21.4. The molecule has 0 saturated carbocycles. The molecule has 0 amide bonds. The molecule has 0 fully saturated rings. The van der Waals surface area contributed by atoms with Gasteiger partial charge in [0.25, 0.3) is 10.1 Å². The van der Waals surface area contributed by atoms with Gasteiger partial charge in [0, 0.05) is 11.1 Å². The predicted octanol–water partition coefficient (Wildman–Crippen LogP) is 4.04. The van der Waals surface area contributed by atoms with Crippen molar-refractivity contribution in [1.29, 1.82) is 0 Å². The van der Waals surface area contributed by atoms with E-state index in [9.17, 15) is 18.0 Å². The Morgan fingerprint density at radius 3 is 1.79 bits per heavy atom. The van der Waals surface area contributed by atoms with Gasteiger partial charge in [-0.25, -0.2) is 0 Å². The lowest BCUT2D eigenvalue weighted by molar-refractivity contribution is -0.138. The molecule has 0 aliphatic carbocycles. The first-order valence-electron chi connectivity index (χ1n) is 8.65. The summed E-state index contributed by atoms with van der Waals surface area (Å²) >= 11 is 0. The molecule has 3 aromatic rings. The third-order valence-electron chi connectivity index (χ3n) is 4.10. The van der Waals surface area contributed by atoms with E-state index >= 15 is 0 Å². The number of carboxylic acids is 1. The van der Waals surface area contributed by atoms with Gasteiger partial charge in [-0.1, -0.05) is 66.7 Å². The number of rotatable bonds is 5. The van der Waals surface area contributed by atoms with Gasteiger partial charge in [0.2, 0.25) is 0 Å². The Morgan fingerprint density at radius 1 is 0.793 bits per heavy atom. The number of aliphatic carboxylic acids is 1. The quantitative estimate of drug-likeness (QED) is 0.484. The maximum Gasteiger partial charge on any atom is 0.310 e. The molecule has 0 aliphatic heterocycles. The second kappa shape index (κ2) is 9.77. The highest BCUT2D eigenvalue weighted by molar-refractivity contribution is 7.85. The van der Waals surface area contributed by atoms with Gasteiger partial charge in [-0.15, -0.1) is 0 Å². The predicted molar refractivity (Wildman–Crippen MR) is 109 cm³/mol. The Hall–Kier alpha value is -3.29. The Morgan fingerprint density at radius 2 is 1.31 bits per heavy atom. The van der Waals surface area contributed by atoms with Crippen molar-refractivity contribution in [2.24, 2.45) is 0 Å². The molecule has 3 aromatic carbocycles. The number of ketones is 1. The lowest BCUT2D eigenvalue weighted by atomic mass is 9.96. The summed E-state index contributed by atoms with van der Waals surface area (Å²) in [5.74, 6) is -1.62. The summed E-state index contributed by atoms with van der Waals surface area (Å²) in [5.41, 5.74) is 1.74. The molecule has 150 valence electrons. The first-order valence-corrected chi connectivity index (χ1v) is 10.1. The molecule has 1 atom stereocenters. The van der Waals surface area contributed by atoms with Crippen LogP contribution in [-0.4, -0.2) is 29.8 Å². The molecule has 0 spiro atoms. The minimum absolute atomic E-state index is 0.0741. The van der Waals surface area contributed by atoms with Crippen LogP contribution in [0.15, 0.2) is 89.8 Å². The van der Waals surface area contributed by atoms with E-state index in [1.807, 2.05) is 6.07 Å². The van der Waals surface area contributed by atoms with E-state index in [4.69, 9.17) is 9.66 Å². The molecule has 0 radical (unpaired) electrons. The Labute approximate surface area is 169 Å². The number of benzene rings is 3. The summed E-state index contributed by atoms with van der Waals surface area (Å²) in [6.07, 6.45) is 0. The highest BCUT2D eigenvalue weighted by Crippen LogP contribution is 2.18. The molecule has 6 nitrogen and oxygen atoms in total. The maximum atomic E-state index is 12.2. The summed E-state index contributed by atoms with van der Waals surface area (Å²) < 4.78 is 29.2. The Bertz CT molecular complexity index is 1080. The standard InChI is InChI=1S/C16H14O3.C6H6O3S/c1-11(16(18)19)13-8-5-9-14(10-13)15(17)12-6-3-2-4-7-12;7-10(8,9)6-4-2-1-3-5-6/h2-11H,1H3,(H,18,19);1-5H,(H,7,8,9). The summed E-state index contributed by atoms with van der Waals surface area (Å²) in [4.78, 5) is 23.1. The molecular weight excluding hydrogens is 392 g/mol. The molecule has 0 saturated heterocycles. The van der Waals surface area contributed by atoms with Crippen LogP contribution < -0.4 is 0 Å². The highest BCUT2D eigenvalue weighted by atomic mass is 32.2. The van der Waals surface area contributed by atoms with E-state index < -0.39 is 22.0 Å². The van der Waals surface area contributed by atoms with Crippen LogP contribution in [0, 0.1) is 0 Å². The minimum Gasteiger partial charge on any atom is -0.481 e. The highest BCUT2D eigenvalue weighted by Gasteiger charge is 2.16. The van der Waals surface area contributed by atoms with E-state index in [-0.39, 0.29) is 10.7 Å². The molecule has 0 aliphatic rings. The number of hydrogen-bond donors (Lipinski definition) is 2. The molecule has 7 heteroatoms. The zero-order valence-corrected chi connectivity index (χ0v) is 16.4. The van der Waals surface area contributed by atoms with Crippen molar-refractivity contribution in [3.8, 4) is 0 Å². The van der Waals surface area contributed by atoms with Crippen LogP contribution in [0.5, 0.6) is 0 Å². The van der Waals surface area contributed by atoms with E-state index in [1.54, 1.807) is 73.7 Å². The van der Waals surface area contributed by atoms with Crippen LogP contribution in [0.2, 0.25) is 0 Å². The van der Waals surface area contributed by atoms with Crippen molar-refractivity contribution in [3.05, 3.63) is 102 Å². The van der Waals surface area contributed by atoms with Crippen molar-refractivity contribution in [1.82, 2.24) is 0 Å². The zero-order valence-electron chi connectivity index (χ0n) is 15.6. The van der Waals surface area contributed by atoms with E-state index in [1.165, 1.54) is 12.1 Å². The third kappa shape index (κ3) is 6.38. The van der Waals surface area contributed by atoms with Crippen molar-refractivity contribution in [2.75, 3.05) is 0 Å². The molecule has 0 heterocycles. The average Bonchev–Trinajstić information content (AvgIpc) is 2.74. The fourth-order valence-electron chi connectivity index (χ4n) is 2.44. The van der Waals surface area contributed by atoms with Crippen LogP contribution in [0.1, 0.15) is 34.3 Å². The van der Waals surface area contributed by atoms with Gasteiger partial charge in [-0.2, -0.15) is 8.42 Å². The normalized spacial score (nSPS) is 11.7. The van der Waals surface area contributed by atoms with Crippen molar-refractivity contribution in [2.45, 2.75) is 17.7 Å². The smallest absolute Gasteiger partial charge is 0.310 e. The Balaban J connectivity index is 0.000000253. The van der Waals surface area contributed by atoms with Gasteiger partial charge in [-0.05, 0) is 30.7 Å². The largest absolute Gasteiger partial charge is 0.481 e. The van der Waals surface area contributed by atoms with Crippen LogP contribution in [-0.2, 0) is 14.9 Å². The van der Waals surface area contributed by atoms with Crippen molar-refractivity contribution in [3.63, 3.8) is 0 Å². The van der Waals surface area contributed by atoms with Gasteiger partial charge in [-0.3, -0.25) is 14.1 Å². The third-order valence-corrected chi connectivity index (χ3v) is 4.96. The van der Waals surface area contributed by atoms with Gasteiger partial charge in [0.1, 0.15) is 0 Å². The topological polar surface area (TPSA) is 109 Å². The van der Waals surface area contributed by atoms with Crippen LogP contribution in [0.25, 0.3) is 0 Å². The molecule has 2 N–H and O–H groups in total.